The van der Waals surface area contributed by atoms with Crippen LogP contribution < -0.4 is 10.6 Å². The summed E-state index contributed by atoms with van der Waals surface area (Å²) in [5.41, 5.74) is 0. The van der Waals surface area contributed by atoms with Crippen molar-refractivity contribution < 1.29 is 14.3 Å². The number of fused-ring (bicyclic) bond motifs is 1. The molecule has 0 unspecified atom stereocenters. The number of carbonyl (C=O) groups is 2. The molecule has 27 heavy (non-hydrogen) atoms. The van der Waals surface area contributed by atoms with Gasteiger partial charge in [0.2, 0.25) is 11.8 Å². The molecule has 3 aliphatic rings. The Labute approximate surface area is 163 Å². The van der Waals surface area contributed by atoms with E-state index >= 15 is 0 Å². The van der Waals surface area contributed by atoms with Crippen molar-refractivity contribution in [3.05, 3.63) is 18.5 Å². The van der Waals surface area contributed by atoms with E-state index in [1.807, 2.05) is 6.07 Å². The van der Waals surface area contributed by atoms with Gasteiger partial charge >= 0.3 is 0 Å². The van der Waals surface area contributed by atoms with Crippen LogP contribution in [0.3, 0.4) is 0 Å². The number of ether oxygens (including phenoxy) is 1. The minimum atomic E-state index is -0.0466. The molecule has 2 saturated carbocycles. The van der Waals surface area contributed by atoms with Gasteiger partial charge in [-0.2, -0.15) is 0 Å². The SMILES string of the molecule is O=C1CO[C@H]2C[C@@H](C(=O)NC3CCC(Sc4ncccn4)CC3)CC[C@@H]2N1. The standard InChI is InChI=1S/C19H26N4O3S/c24-17-11-26-16-10-12(2-7-15(16)23-17)18(25)22-13-3-5-14(6-4-13)27-19-20-8-1-9-21-19/h1,8-9,12-16H,2-7,10-11H2,(H,22,25)(H,23,24)/t12-,13?,14?,15-,16-/m0/s1. The first kappa shape index (κ1) is 18.7. The summed E-state index contributed by atoms with van der Waals surface area (Å²) in [5, 5.41) is 7.59. The minimum absolute atomic E-state index is 0.00827. The van der Waals surface area contributed by atoms with E-state index in [9.17, 15) is 9.59 Å². The number of carbonyl (C=O) groups excluding carboxylic acids is 2. The van der Waals surface area contributed by atoms with Crippen molar-refractivity contribution in [2.24, 2.45) is 5.92 Å². The first-order valence-corrected chi connectivity index (χ1v) is 10.7. The van der Waals surface area contributed by atoms with Crippen LogP contribution in [-0.4, -0.2) is 51.8 Å². The van der Waals surface area contributed by atoms with Crippen molar-refractivity contribution in [1.29, 1.82) is 0 Å². The molecule has 0 aromatic carbocycles. The molecule has 0 radical (unpaired) electrons. The summed E-state index contributed by atoms with van der Waals surface area (Å²) in [5.74, 6) is 0.0946. The second kappa shape index (κ2) is 8.56. The van der Waals surface area contributed by atoms with Gasteiger partial charge in [0.1, 0.15) is 6.61 Å². The van der Waals surface area contributed by atoms with E-state index in [0.717, 1.165) is 43.7 Å². The Bertz CT molecular complexity index is 666. The lowest BCUT2D eigenvalue weighted by Crippen LogP contribution is -2.55. The Kier molecular flexibility index (Phi) is 5.92. The Morgan fingerprint density at radius 1 is 1.15 bits per heavy atom. The predicted molar refractivity (Wildman–Crippen MR) is 101 cm³/mol. The monoisotopic (exact) mass is 390 g/mol. The highest BCUT2D eigenvalue weighted by Gasteiger charge is 2.38. The second-order valence-corrected chi connectivity index (χ2v) is 8.93. The largest absolute Gasteiger partial charge is 0.366 e. The van der Waals surface area contributed by atoms with Crippen LogP contribution in [0.2, 0.25) is 0 Å². The molecule has 2 heterocycles. The third kappa shape index (κ3) is 4.79. The predicted octanol–water partition coefficient (Wildman–Crippen LogP) is 1.68. The molecule has 2 amide bonds. The summed E-state index contributed by atoms with van der Waals surface area (Å²) in [6, 6.07) is 2.16. The number of nitrogens with one attached hydrogen (secondary N) is 2. The van der Waals surface area contributed by atoms with Crippen molar-refractivity contribution in [2.75, 3.05) is 6.61 Å². The lowest BCUT2D eigenvalue weighted by Gasteiger charge is -2.39. The van der Waals surface area contributed by atoms with Crippen LogP contribution in [0.25, 0.3) is 0 Å². The summed E-state index contributed by atoms with van der Waals surface area (Å²) >= 11 is 1.74. The van der Waals surface area contributed by atoms with Crippen LogP contribution in [0, 0.1) is 5.92 Å². The molecule has 1 aliphatic heterocycles. The highest BCUT2D eigenvalue weighted by Crippen LogP contribution is 2.33. The summed E-state index contributed by atoms with van der Waals surface area (Å²) in [6.45, 7) is 0.113. The Balaban J connectivity index is 1.21. The lowest BCUT2D eigenvalue weighted by atomic mass is 9.82. The van der Waals surface area contributed by atoms with E-state index in [4.69, 9.17) is 4.74 Å². The zero-order chi connectivity index (χ0) is 18.6. The highest BCUT2D eigenvalue weighted by atomic mass is 32.2. The van der Waals surface area contributed by atoms with E-state index < -0.39 is 0 Å². The smallest absolute Gasteiger partial charge is 0.246 e. The Hall–Kier alpha value is -1.67. The van der Waals surface area contributed by atoms with Gasteiger partial charge in [-0.25, -0.2) is 9.97 Å². The fourth-order valence-corrected chi connectivity index (χ4v) is 5.34. The molecule has 7 nitrogen and oxygen atoms in total. The topological polar surface area (TPSA) is 93.2 Å². The van der Waals surface area contributed by atoms with Gasteiger partial charge in [0.25, 0.3) is 0 Å². The van der Waals surface area contributed by atoms with E-state index in [2.05, 4.69) is 20.6 Å². The average molecular weight is 391 g/mol. The van der Waals surface area contributed by atoms with Crippen molar-refractivity contribution in [3.63, 3.8) is 0 Å². The van der Waals surface area contributed by atoms with E-state index in [1.54, 1.807) is 24.2 Å². The molecule has 8 heteroatoms. The molecule has 1 aromatic heterocycles. The maximum absolute atomic E-state index is 12.7. The molecule has 2 aliphatic carbocycles. The average Bonchev–Trinajstić information content (AvgIpc) is 2.70. The lowest BCUT2D eigenvalue weighted by molar-refractivity contribution is -0.142. The second-order valence-electron chi connectivity index (χ2n) is 7.66. The number of rotatable bonds is 4. The summed E-state index contributed by atoms with van der Waals surface area (Å²) < 4.78 is 5.63. The summed E-state index contributed by atoms with van der Waals surface area (Å²) in [6.07, 6.45) is 9.99. The first-order chi connectivity index (χ1) is 13.2. The quantitative estimate of drug-likeness (QED) is 0.760. The molecular weight excluding hydrogens is 364 g/mol. The van der Waals surface area contributed by atoms with Crippen molar-refractivity contribution in [3.8, 4) is 0 Å². The number of morpholine rings is 1. The van der Waals surface area contributed by atoms with Crippen LogP contribution in [0.5, 0.6) is 0 Å². The highest BCUT2D eigenvalue weighted by molar-refractivity contribution is 7.99. The van der Waals surface area contributed by atoms with E-state index in [-0.39, 0.29) is 42.5 Å². The summed E-state index contributed by atoms with van der Waals surface area (Å²) in [4.78, 5) is 32.7. The third-order valence-corrected chi connectivity index (χ3v) is 7.00. The van der Waals surface area contributed by atoms with Crippen LogP contribution >= 0.6 is 11.8 Å². The number of aromatic nitrogens is 2. The molecule has 3 fully saturated rings. The number of thioether (sulfide) groups is 1. The van der Waals surface area contributed by atoms with Crippen molar-refractivity contribution >= 4 is 23.6 Å². The van der Waals surface area contributed by atoms with Crippen molar-refractivity contribution in [1.82, 2.24) is 20.6 Å². The van der Waals surface area contributed by atoms with Gasteiger partial charge in [-0.1, -0.05) is 11.8 Å². The van der Waals surface area contributed by atoms with Gasteiger partial charge in [-0.3, -0.25) is 9.59 Å². The zero-order valence-electron chi connectivity index (χ0n) is 15.3. The van der Waals surface area contributed by atoms with Gasteiger partial charge < -0.3 is 15.4 Å². The first-order valence-electron chi connectivity index (χ1n) is 9.82. The number of nitrogens with zero attached hydrogens (tertiary/aromatic N) is 2. The molecule has 4 rings (SSSR count). The van der Waals surface area contributed by atoms with Crippen molar-refractivity contribution in [2.45, 2.75) is 73.5 Å². The fourth-order valence-electron chi connectivity index (χ4n) is 4.29. The summed E-state index contributed by atoms with van der Waals surface area (Å²) in [7, 11) is 0. The minimum Gasteiger partial charge on any atom is -0.366 e. The molecule has 146 valence electrons. The Morgan fingerprint density at radius 3 is 2.70 bits per heavy atom. The van der Waals surface area contributed by atoms with Crippen LogP contribution in [0.15, 0.2) is 23.6 Å². The van der Waals surface area contributed by atoms with Gasteiger partial charge in [-0.05, 0) is 51.0 Å². The van der Waals surface area contributed by atoms with Gasteiger partial charge in [0.05, 0.1) is 12.1 Å². The van der Waals surface area contributed by atoms with Gasteiger partial charge in [-0.15, -0.1) is 0 Å². The third-order valence-electron chi connectivity index (χ3n) is 5.77. The molecule has 1 saturated heterocycles. The normalized spacial score (nSPS) is 33.6. The van der Waals surface area contributed by atoms with Crippen LogP contribution in [-0.2, 0) is 14.3 Å². The number of hydrogen-bond acceptors (Lipinski definition) is 6. The fraction of sp³-hybridized carbons (Fsp3) is 0.684. The van der Waals surface area contributed by atoms with Crippen LogP contribution in [0.4, 0.5) is 0 Å². The molecular formula is C19H26N4O3S. The van der Waals surface area contributed by atoms with E-state index in [1.165, 1.54) is 0 Å². The molecule has 1 aromatic rings. The Morgan fingerprint density at radius 2 is 1.93 bits per heavy atom. The van der Waals surface area contributed by atoms with Gasteiger partial charge in [0.15, 0.2) is 5.16 Å². The zero-order valence-corrected chi connectivity index (χ0v) is 16.1. The van der Waals surface area contributed by atoms with Gasteiger partial charge in [0, 0.05) is 29.6 Å². The number of hydrogen-bond donors (Lipinski definition) is 2. The van der Waals surface area contributed by atoms with E-state index in [0.29, 0.717) is 11.7 Å². The molecule has 2 N–H and O–H groups in total. The molecule has 0 spiro atoms. The maximum Gasteiger partial charge on any atom is 0.246 e. The van der Waals surface area contributed by atoms with Crippen LogP contribution in [0.1, 0.15) is 44.9 Å². The molecule has 0 bridgehead atoms. The molecule has 3 atom stereocenters. The number of amides is 2. The maximum atomic E-state index is 12.7.